The Labute approximate surface area is 243 Å². The Balaban J connectivity index is 1.89. The molecule has 0 unspecified atom stereocenters. The van der Waals surface area contributed by atoms with Crippen LogP contribution < -0.4 is 19.7 Å². The number of fused-ring (bicyclic) bond motifs is 1. The summed E-state index contributed by atoms with van der Waals surface area (Å²) >= 11 is 7.16. The van der Waals surface area contributed by atoms with Gasteiger partial charge < -0.3 is 10.0 Å². The average molecular weight is 690 g/mol. The Bertz CT molecular complexity index is 1990. The molecule has 1 aromatic carbocycles. The summed E-state index contributed by atoms with van der Waals surface area (Å²) in [5.74, 6) is -4.57. The maximum atomic E-state index is 13.1. The lowest BCUT2D eigenvalue weighted by molar-refractivity contribution is -0.120. The molecule has 2 aromatic rings. The summed E-state index contributed by atoms with van der Waals surface area (Å²) in [7, 11) is -14.1. The molecule has 15 nitrogen and oxygen atoms in total. The predicted octanol–water partition coefficient (Wildman–Crippen LogP) is -0.646. The minimum atomic E-state index is -4.82. The van der Waals surface area contributed by atoms with Gasteiger partial charge in [-0.1, -0.05) is 35.7 Å². The van der Waals surface area contributed by atoms with Crippen LogP contribution in [0.3, 0.4) is 0 Å². The lowest BCUT2D eigenvalue weighted by Gasteiger charge is -2.18. The largest absolute Gasteiger partial charge is 0.508 e. The molecule has 1 fully saturated rings. The van der Waals surface area contributed by atoms with Gasteiger partial charge in [-0.05, 0) is 24.3 Å². The number of hydrogen-bond donors (Lipinski definition) is 4. The van der Waals surface area contributed by atoms with Crippen molar-refractivity contribution in [2.75, 3.05) is 16.7 Å². The Kier molecular flexibility index (Phi) is 8.32. The number of allylic oxidation sites excluding steroid dienone is 1. The van der Waals surface area contributed by atoms with Crippen LogP contribution >= 0.6 is 47.1 Å². The van der Waals surface area contributed by atoms with E-state index in [-0.39, 0.29) is 34.9 Å². The number of thiocarbonyl (C=S) groups is 1. The maximum Gasteiger partial charge on any atom is 0.283 e. The number of anilines is 1. The summed E-state index contributed by atoms with van der Waals surface area (Å²) in [5.41, 5.74) is -0.733. The summed E-state index contributed by atoms with van der Waals surface area (Å²) in [4.78, 5) is 27.9. The second-order valence-electron chi connectivity index (χ2n) is 7.92. The summed E-state index contributed by atoms with van der Waals surface area (Å²) in [6, 6.07) is 4.11. The third-order valence-corrected chi connectivity index (χ3v) is 10.5. The Morgan fingerprint density at radius 2 is 1.45 bits per heavy atom. The molecule has 40 heavy (non-hydrogen) atoms. The van der Waals surface area contributed by atoms with E-state index in [9.17, 15) is 49.1 Å². The van der Waals surface area contributed by atoms with Crippen LogP contribution in [0.5, 0.6) is 5.75 Å². The summed E-state index contributed by atoms with van der Waals surface area (Å²) in [6.45, 7) is 0. The third-order valence-electron chi connectivity index (χ3n) is 4.92. The summed E-state index contributed by atoms with van der Waals surface area (Å²) < 4.78 is 96.8. The van der Waals surface area contributed by atoms with Crippen molar-refractivity contribution < 1.29 is 48.8 Å². The monoisotopic (exact) mass is 689 g/mol. The lowest BCUT2D eigenvalue weighted by Crippen LogP contribution is -2.36. The van der Waals surface area contributed by atoms with Gasteiger partial charge in [0.1, 0.15) is 19.6 Å². The fourth-order valence-corrected chi connectivity index (χ4v) is 9.02. The first-order valence-corrected chi connectivity index (χ1v) is 17.8. The van der Waals surface area contributed by atoms with Crippen LogP contribution in [0.4, 0.5) is 5.69 Å². The highest BCUT2D eigenvalue weighted by molar-refractivity contribution is 8.30. The van der Waals surface area contributed by atoms with Gasteiger partial charge in [-0.15, -0.1) is 11.3 Å². The number of aromatic nitrogens is 1. The van der Waals surface area contributed by atoms with Gasteiger partial charge in [0.2, 0.25) is 0 Å². The zero-order valence-electron chi connectivity index (χ0n) is 19.3. The fraction of sp³-hybridized carbons (Fsp3) is 0.167. The molecule has 0 spiro atoms. The van der Waals surface area contributed by atoms with Crippen molar-refractivity contribution in [3.8, 4) is 5.75 Å². The van der Waals surface area contributed by atoms with Crippen LogP contribution in [0.2, 0.25) is 0 Å². The maximum absolute atomic E-state index is 13.1. The molecule has 0 aliphatic carbocycles. The number of thioether (sulfide) groups is 2. The molecular weight excluding hydrogens is 675 g/mol. The number of nitrogens with zero attached hydrogens (tertiary/aromatic N) is 3. The van der Waals surface area contributed by atoms with E-state index in [4.69, 9.17) is 16.8 Å². The molecule has 0 atom stereocenters. The molecule has 4 N–H and O–H groups in total. The molecule has 4 rings (SSSR count). The number of benzene rings is 1. The standard InChI is InChI=1S/C18H15N3O12S7/c22-9-1-2-11-10(5-9)19(6-38(25,26)27)13(35-11)4-3-12-15(23)20(7-39(28,29)30)17(36-12)14-16(24)21(18(34)37-14)8-40(31,32)33/h1-5,22H,6-8H2,(H,25,26,27)(H,28,29,30)(H,31,32,33)/b12-3-,13-4+,17-14-. The summed E-state index contributed by atoms with van der Waals surface area (Å²) in [6.07, 6.45) is 2.46. The minimum absolute atomic E-state index is 0.183. The van der Waals surface area contributed by atoms with E-state index in [0.717, 1.165) is 16.7 Å². The van der Waals surface area contributed by atoms with Crippen LogP contribution in [0.25, 0.3) is 11.0 Å². The van der Waals surface area contributed by atoms with Gasteiger partial charge in [-0.2, -0.15) is 25.3 Å². The zero-order chi connectivity index (χ0) is 29.8. The van der Waals surface area contributed by atoms with E-state index < -0.39 is 59.5 Å². The zero-order valence-corrected chi connectivity index (χ0v) is 25.0. The molecule has 1 amide bonds. The second kappa shape index (κ2) is 10.8. The van der Waals surface area contributed by atoms with Gasteiger partial charge in [-0.3, -0.25) is 32.7 Å². The van der Waals surface area contributed by atoms with E-state index in [1.165, 1.54) is 30.4 Å². The van der Waals surface area contributed by atoms with Crippen LogP contribution in [0, 0.1) is 0 Å². The molecule has 0 saturated carbocycles. The van der Waals surface area contributed by atoms with Crippen molar-refractivity contribution >= 4 is 104 Å². The van der Waals surface area contributed by atoms with Gasteiger partial charge in [0.05, 0.1) is 15.2 Å². The highest BCUT2D eigenvalue weighted by Crippen LogP contribution is 2.47. The number of phenolic OH excluding ortho intramolecular Hbond substituents is 1. The Hall–Kier alpha value is -2.28. The van der Waals surface area contributed by atoms with Gasteiger partial charge >= 0.3 is 0 Å². The molecule has 216 valence electrons. The molecule has 2 aliphatic rings. The van der Waals surface area contributed by atoms with Gasteiger partial charge in [0.15, 0.2) is 17.6 Å². The fourth-order valence-electron chi connectivity index (χ4n) is 3.44. The van der Waals surface area contributed by atoms with E-state index in [0.29, 0.717) is 37.5 Å². The number of amides is 1. The topological polar surface area (TPSA) is 229 Å². The number of aromatic hydroxyl groups is 1. The highest BCUT2D eigenvalue weighted by Gasteiger charge is 2.37. The molecule has 1 saturated heterocycles. The first kappa shape index (κ1) is 30.7. The predicted molar refractivity (Wildman–Crippen MR) is 152 cm³/mol. The number of carbonyl (C=O) groups is 1. The third kappa shape index (κ3) is 6.95. The molecular formula is C18H15N3O12S7. The van der Waals surface area contributed by atoms with Gasteiger partial charge in [0, 0.05) is 11.0 Å². The second-order valence-corrected chi connectivity index (χ2v) is 15.9. The van der Waals surface area contributed by atoms with E-state index in [1.807, 2.05) is 0 Å². The molecule has 0 bridgehead atoms. The smallest absolute Gasteiger partial charge is 0.283 e. The van der Waals surface area contributed by atoms with E-state index >= 15 is 0 Å². The van der Waals surface area contributed by atoms with E-state index in [1.54, 1.807) is 0 Å². The Morgan fingerprint density at radius 1 is 0.850 bits per heavy atom. The number of phenols is 1. The molecule has 22 heteroatoms. The molecule has 3 heterocycles. The van der Waals surface area contributed by atoms with Crippen LogP contribution in [0.1, 0.15) is 0 Å². The number of rotatable bonds is 7. The van der Waals surface area contributed by atoms with E-state index in [2.05, 4.69) is 0 Å². The minimum Gasteiger partial charge on any atom is -0.508 e. The number of hydrogen-bond acceptors (Lipinski definition) is 14. The van der Waals surface area contributed by atoms with Gasteiger partial charge in [0.25, 0.3) is 41.8 Å². The number of carbonyl (C=O) groups excluding carboxylic acids is 1. The highest BCUT2D eigenvalue weighted by atomic mass is 32.2. The lowest BCUT2D eigenvalue weighted by atomic mass is 10.3. The van der Waals surface area contributed by atoms with Gasteiger partial charge in [-0.25, -0.2) is 0 Å². The molecule has 0 radical (unpaired) electrons. The normalized spacial score (nSPS) is 19.3. The molecule has 2 aliphatic heterocycles. The van der Waals surface area contributed by atoms with Crippen molar-refractivity contribution in [2.45, 2.75) is 10.8 Å². The average Bonchev–Trinajstić information content (AvgIpc) is 3.37. The number of thiazole rings is 1. The van der Waals surface area contributed by atoms with Crippen molar-refractivity contribution in [3.05, 3.63) is 48.9 Å². The van der Waals surface area contributed by atoms with Crippen molar-refractivity contribution in [3.63, 3.8) is 0 Å². The van der Waals surface area contributed by atoms with Crippen LogP contribution in [0.15, 0.2) is 39.0 Å². The Morgan fingerprint density at radius 3 is 2.05 bits per heavy atom. The van der Waals surface area contributed by atoms with Crippen molar-refractivity contribution in [1.82, 2.24) is 9.47 Å². The first-order valence-electron chi connectivity index (χ1n) is 10.2. The van der Waals surface area contributed by atoms with Crippen molar-refractivity contribution in [1.29, 1.82) is 0 Å². The summed E-state index contributed by atoms with van der Waals surface area (Å²) in [5, 5.41) is 10.0. The SMILES string of the molecule is O=C1/C(=c2/s/c(=C\C=C3\Sc4ccc(O)cc4N3CS(=O)(=O)O)c(=O)n2CS(=O)(=O)O)SC(=S)N1CS(=O)(=O)O. The van der Waals surface area contributed by atoms with Crippen LogP contribution in [-0.4, -0.2) is 75.5 Å². The molecule has 1 aromatic heterocycles. The first-order chi connectivity index (χ1) is 18.3. The van der Waals surface area contributed by atoms with Crippen molar-refractivity contribution in [2.24, 2.45) is 0 Å². The quantitative estimate of drug-likeness (QED) is 0.209. The van der Waals surface area contributed by atoms with Crippen LogP contribution in [-0.2, 0) is 41.0 Å².